The molecule has 1 rings (SSSR count). The maximum absolute atomic E-state index is 15.1. The maximum Gasteiger partial charge on any atom is 0.326 e. The van der Waals surface area contributed by atoms with E-state index < -0.39 is 179 Å². The third-order valence-corrected chi connectivity index (χ3v) is 18.9. The summed E-state index contributed by atoms with van der Waals surface area (Å²) in [5, 5.41) is 40.0. The summed E-state index contributed by atoms with van der Waals surface area (Å²) in [5.74, 6) is -16.2. The lowest BCUT2D eigenvalue weighted by molar-refractivity contribution is -0.142. The fraction of sp³-hybridized carbons (Fsp3) is 0.746. The monoisotopic (exact) mass is 1480 g/mol. The zero-order valence-electron chi connectivity index (χ0n) is 61.1. The molecule has 0 aliphatic carbocycles. The second-order valence-electron chi connectivity index (χ2n) is 26.7. The van der Waals surface area contributed by atoms with Gasteiger partial charge in [-0.3, -0.25) is 72.7 Å². The van der Waals surface area contributed by atoms with Crippen molar-refractivity contribution in [3.63, 3.8) is 0 Å². The van der Waals surface area contributed by atoms with E-state index in [2.05, 4.69) is 78.5 Å². The summed E-state index contributed by atoms with van der Waals surface area (Å²) in [5.41, 5.74) is 50.6. The molecule has 0 aromatic carbocycles. The molecular weight excluding hydrogens is 1360 g/mol. The van der Waals surface area contributed by atoms with Crippen LogP contribution in [0, 0.1) is 35.5 Å². The molecule has 1 aliphatic heterocycles. The van der Waals surface area contributed by atoms with Crippen LogP contribution in [0.5, 0.6) is 0 Å². The molecule has 39 heteroatoms. The van der Waals surface area contributed by atoms with E-state index >= 15 is 4.79 Å². The van der Waals surface area contributed by atoms with Crippen molar-refractivity contribution in [2.75, 3.05) is 37.7 Å². The Bertz CT molecular complexity index is 2890. The number of amides is 11. The fourth-order valence-electron chi connectivity index (χ4n) is 10.1. The number of carboxylic acids is 1. The summed E-state index contributed by atoms with van der Waals surface area (Å²) in [6.07, 6.45) is 0.828. The molecule has 30 N–H and O–H groups in total. The maximum atomic E-state index is 15.1. The van der Waals surface area contributed by atoms with Gasteiger partial charge < -0.3 is 115 Å². The molecule has 14 atom stereocenters. The van der Waals surface area contributed by atoms with Crippen LogP contribution in [0.15, 0.2) is 20.0 Å². The number of carbonyl (C=O) groups is 12. The van der Waals surface area contributed by atoms with Gasteiger partial charge in [-0.15, -0.1) is 0 Å². The molecule has 0 bridgehead atoms. The number of guanidine groups is 4. The summed E-state index contributed by atoms with van der Waals surface area (Å²) in [4.78, 5) is 189. The Balaban J connectivity index is 4.50. The number of nitrogens with two attached hydrogens (primary N) is 9. The number of nitrogens with zero attached hydrogens (tertiary/aromatic N) is 4. The van der Waals surface area contributed by atoms with Crippen molar-refractivity contribution in [1.82, 2.24) is 58.5 Å². The number of carbonyl (C=O) groups excluding carboxylic acids is 11. The Morgan fingerprint density at radius 1 is 0.461 bits per heavy atom. The topological polar surface area (TPSA) is 641 Å². The van der Waals surface area contributed by atoms with Gasteiger partial charge in [-0.1, -0.05) is 118 Å². The van der Waals surface area contributed by atoms with Crippen LogP contribution in [-0.4, -0.2) is 210 Å². The summed E-state index contributed by atoms with van der Waals surface area (Å²) in [6, 6.07) is -17.0. The van der Waals surface area contributed by atoms with Crippen LogP contribution < -0.4 is 110 Å². The van der Waals surface area contributed by atoms with Gasteiger partial charge in [0.15, 0.2) is 23.8 Å². The van der Waals surface area contributed by atoms with Gasteiger partial charge in [-0.2, -0.15) is 0 Å². The first-order valence-electron chi connectivity index (χ1n) is 34.5. The zero-order chi connectivity index (χ0) is 77.7. The molecule has 0 aromatic heterocycles. The summed E-state index contributed by atoms with van der Waals surface area (Å²) in [7, 11) is 1.76. The summed E-state index contributed by atoms with van der Waals surface area (Å²) >= 11 is 0. The third kappa shape index (κ3) is 34.8. The number of hydrogen-bond acceptors (Lipinski definition) is 19. The van der Waals surface area contributed by atoms with E-state index in [0.717, 1.165) is 21.6 Å². The van der Waals surface area contributed by atoms with E-state index in [1.807, 2.05) is 0 Å². The number of carboxylic acid groups (broad SMARTS) is 1. The lowest BCUT2D eigenvalue weighted by Gasteiger charge is -2.32. The highest BCUT2D eigenvalue weighted by Crippen LogP contribution is 2.25. The first-order chi connectivity index (χ1) is 47.8. The number of hydrogen-bond donors (Lipinski definition) is 21. The third-order valence-electron chi connectivity index (χ3n) is 16.5. The number of aliphatic carboxylic acids is 1. The van der Waals surface area contributed by atoms with Gasteiger partial charge in [0.05, 0.1) is 6.04 Å². The van der Waals surface area contributed by atoms with Crippen molar-refractivity contribution < 1.29 is 62.6 Å². The Morgan fingerprint density at radius 3 is 1.24 bits per heavy atom. The molecule has 0 aromatic rings. The van der Waals surface area contributed by atoms with Gasteiger partial charge in [0, 0.05) is 37.7 Å². The molecule has 0 unspecified atom stereocenters. The van der Waals surface area contributed by atoms with Crippen molar-refractivity contribution in [3.8, 4) is 0 Å². The molecule has 0 spiro atoms. The molecule has 1 heterocycles. The summed E-state index contributed by atoms with van der Waals surface area (Å²) < 4.78 is 0. The number of nitrogens with one attached hydrogen (secondary N) is 11. The SMILES string of the molecule is CC[C@H](C)[C@@H]1NC(=O)[C@H](CCCN=C(N)N)NC(=O)[C@@H](NC(=O)[C@H](CC(C)C)NC(=O)[C@@H](N)CCCN=C(N)N)CSSC[C@@H](C(=O)N[C@@H](CCCN=C(N)N)C(=O)O)NC(=O)[C@H](C(C)C)NC(=O)[C@H](CCCN=C(N)N)NC(=O)[C@H]([C@@H](C)CC)NC(=O)[C@H](C(C)C)NC(=O)[C@H](C(C)C)NC1=O. The van der Waals surface area contributed by atoms with Crippen LogP contribution in [-0.2, 0) is 57.5 Å². The predicted octanol–water partition coefficient (Wildman–Crippen LogP) is -4.55. The van der Waals surface area contributed by atoms with E-state index in [9.17, 15) is 57.8 Å². The van der Waals surface area contributed by atoms with E-state index in [4.69, 9.17) is 51.6 Å². The normalized spacial score (nSPS) is 22.8. The lowest BCUT2D eigenvalue weighted by atomic mass is 9.94. The Labute approximate surface area is 605 Å². The standard InChI is InChI=1S/C63H118N24O13S2/c1-13-34(11)46-57(97)78-38(21-17-25-75-62(69)70)49(89)83-43(31(5)6)54(94)82-42(53(93)79-39(59(99)100)22-18-26-76-63(71)72)29-102-101-28-41(81-51(91)40(27-30(3)4)80-48(88)36(64)19-15-23-73-60(65)66)52(92)77-37(20-16-24-74-61(67)68)50(90)86-47(35(12)14-2)58(98)85-44(32(7)8)55(95)84-45(33(9)10)56(96)87-46/h30-47H,13-29,64H2,1-12H3,(H,77,92)(H,78,97)(H,79,93)(H,80,88)(H,81,91)(H,82,94)(H,83,89)(H,84,95)(H,85,98)(H,86,90)(H,87,96)(H,99,100)(H4,65,66,73)(H4,67,68,74)(H4,69,70,75)(H4,71,72,76)/t34-,35-,36-,37-,38-,39-,40-,41-,42-,43-,44-,45-,46-,47-/m0/s1. The largest absolute Gasteiger partial charge is 0.480 e. The van der Waals surface area contributed by atoms with Gasteiger partial charge in [0.25, 0.3) is 0 Å². The van der Waals surface area contributed by atoms with Crippen LogP contribution in [0.1, 0.15) is 154 Å². The number of rotatable bonds is 32. The van der Waals surface area contributed by atoms with Gasteiger partial charge in [-0.25, -0.2) is 4.79 Å². The molecular formula is C63H118N24O13S2. The first-order valence-corrected chi connectivity index (χ1v) is 37.0. The first kappa shape index (κ1) is 91.4. The lowest BCUT2D eigenvalue weighted by Crippen LogP contribution is -2.63. The van der Waals surface area contributed by atoms with Crippen molar-refractivity contribution in [2.24, 2.45) is 107 Å². The Hall–Kier alpha value is -8.62. The highest BCUT2D eigenvalue weighted by atomic mass is 33.1. The summed E-state index contributed by atoms with van der Waals surface area (Å²) in [6.45, 7) is 20.3. The molecule has 37 nitrogen and oxygen atoms in total. The molecule has 1 aliphatic rings. The second-order valence-corrected chi connectivity index (χ2v) is 29.3. The minimum Gasteiger partial charge on any atom is -0.480 e. The van der Waals surface area contributed by atoms with Crippen LogP contribution in [0.2, 0.25) is 0 Å². The molecule has 0 saturated carbocycles. The van der Waals surface area contributed by atoms with Crippen molar-refractivity contribution in [1.29, 1.82) is 0 Å². The highest BCUT2D eigenvalue weighted by molar-refractivity contribution is 8.76. The molecule has 102 heavy (non-hydrogen) atoms. The molecule has 1 saturated heterocycles. The van der Waals surface area contributed by atoms with Gasteiger partial charge in [-0.05, 0) is 93.3 Å². The van der Waals surface area contributed by atoms with Crippen LogP contribution in [0.25, 0.3) is 0 Å². The molecule has 580 valence electrons. The number of aliphatic imine (C=N–C) groups is 4. The Morgan fingerprint density at radius 2 is 0.824 bits per heavy atom. The Kier molecular flexibility index (Phi) is 42.6. The van der Waals surface area contributed by atoms with E-state index in [-0.39, 0.29) is 113 Å². The van der Waals surface area contributed by atoms with Gasteiger partial charge in [0.2, 0.25) is 65.0 Å². The van der Waals surface area contributed by atoms with Crippen LogP contribution in [0.3, 0.4) is 0 Å². The van der Waals surface area contributed by atoms with Crippen molar-refractivity contribution in [3.05, 3.63) is 0 Å². The highest BCUT2D eigenvalue weighted by Gasteiger charge is 2.40. The van der Waals surface area contributed by atoms with Gasteiger partial charge >= 0.3 is 5.97 Å². The zero-order valence-corrected chi connectivity index (χ0v) is 62.7. The van der Waals surface area contributed by atoms with Crippen molar-refractivity contribution in [2.45, 2.75) is 226 Å². The second kappa shape index (κ2) is 47.5. The molecule has 1 fully saturated rings. The quantitative estimate of drug-likeness (QED) is 0.0131. The van der Waals surface area contributed by atoms with Gasteiger partial charge in [0.1, 0.15) is 66.5 Å². The average molecular weight is 1480 g/mol. The van der Waals surface area contributed by atoms with E-state index in [1.165, 1.54) is 0 Å². The van der Waals surface area contributed by atoms with Crippen LogP contribution in [0.4, 0.5) is 0 Å². The minimum atomic E-state index is -1.63. The average Bonchev–Trinajstić information content (AvgIpc) is 0.846. The molecule has 11 amide bonds. The van der Waals surface area contributed by atoms with E-state index in [1.54, 1.807) is 83.1 Å². The predicted molar refractivity (Wildman–Crippen MR) is 394 cm³/mol. The van der Waals surface area contributed by atoms with Crippen LogP contribution >= 0.6 is 21.6 Å². The van der Waals surface area contributed by atoms with Crippen molar-refractivity contribution >= 4 is 116 Å². The smallest absolute Gasteiger partial charge is 0.326 e. The fourth-order valence-corrected chi connectivity index (χ4v) is 12.4. The minimum absolute atomic E-state index is 0.00318. The van der Waals surface area contributed by atoms with E-state index in [0.29, 0.717) is 19.3 Å². The molecule has 0 radical (unpaired) electrons.